The first-order chi connectivity index (χ1) is 15.0. The molecule has 0 N–H and O–H groups in total. The smallest absolute Gasteiger partial charge is 0.293 e. The standard InChI is InChI=1S/C24H17FINO3S/c25-19-7-1-18(2-8-19)15-30-21-11-5-16(6-12-21)13-22-23(28)27(24(29)31-22)14-17-3-9-20(26)10-4-17/h1-13H,14-15H2/b22-13-. The monoisotopic (exact) mass is 545 g/mol. The van der Waals surface area contributed by atoms with Crippen LogP contribution in [-0.2, 0) is 17.9 Å². The molecule has 7 heteroatoms. The maximum atomic E-state index is 13.0. The number of thioether (sulfide) groups is 1. The van der Waals surface area contributed by atoms with Crippen molar-refractivity contribution in [2.24, 2.45) is 0 Å². The highest BCUT2D eigenvalue weighted by Gasteiger charge is 2.34. The number of hydrogen-bond donors (Lipinski definition) is 0. The molecule has 4 rings (SSSR count). The van der Waals surface area contributed by atoms with Crippen molar-refractivity contribution in [2.75, 3.05) is 0 Å². The molecule has 0 bridgehead atoms. The molecule has 1 saturated heterocycles. The molecule has 1 heterocycles. The first kappa shape index (κ1) is 21.6. The number of rotatable bonds is 6. The van der Waals surface area contributed by atoms with E-state index in [0.29, 0.717) is 17.3 Å². The molecule has 0 saturated carbocycles. The van der Waals surface area contributed by atoms with Crippen LogP contribution in [0.4, 0.5) is 9.18 Å². The molecule has 0 aliphatic carbocycles. The zero-order chi connectivity index (χ0) is 21.8. The van der Waals surface area contributed by atoms with Crippen LogP contribution < -0.4 is 4.74 Å². The highest BCUT2D eigenvalue weighted by Crippen LogP contribution is 2.33. The Kier molecular flexibility index (Phi) is 6.72. The van der Waals surface area contributed by atoms with E-state index < -0.39 is 0 Å². The van der Waals surface area contributed by atoms with Crippen LogP contribution >= 0.6 is 34.4 Å². The molecule has 2 amide bonds. The molecule has 0 aromatic heterocycles. The Morgan fingerprint density at radius 2 is 1.55 bits per heavy atom. The number of halogens is 2. The SMILES string of the molecule is O=C1S/C(=C\c2ccc(OCc3ccc(F)cc3)cc2)C(=O)N1Cc1ccc(I)cc1. The molecule has 0 radical (unpaired) electrons. The van der Waals surface area contributed by atoms with Crippen LogP contribution in [0.2, 0.25) is 0 Å². The van der Waals surface area contributed by atoms with Gasteiger partial charge >= 0.3 is 0 Å². The summed E-state index contributed by atoms with van der Waals surface area (Å²) in [6, 6.07) is 21.1. The second-order valence-corrected chi connectivity index (χ2v) is 9.12. The molecule has 1 aliphatic rings. The van der Waals surface area contributed by atoms with E-state index in [2.05, 4.69) is 22.6 Å². The second-order valence-electron chi connectivity index (χ2n) is 6.88. The predicted octanol–water partition coefficient (Wildman–Crippen LogP) is 6.25. The van der Waals surface area contributed by atoms with Gasteiger partial charge in [-0.3, -0.25) is 14.5 Å². The highest BCUT2D eigenvalue weighted by molar-refractivity contribution is 14.1. The van der Waals surface area contributed by atoms with E-state index in [1.54, 1.807) is 30.3 Å². The maximum Gasteiger partial charge on any atom is 0.293 e. The zero-order valence-electron chi connectivity index (χ0n) is 16.3. The van der Waals surface area contributed by atoms with E-state index in [1.165, 1.54) is 17.0 Å². The third-order valence-corrected chi connectivity index (χ3v) is 6.25. The summed E-state index contributed by atoms with van der Waals surface area (Å²) in [4.78, 5) is 26.7. The topological polar surface area (TPSA) is 46.6 Å². The molecule has 0 unspecified atom stereocenters. The lowest BCUT2D eigenvalue weighted by Gasteiger charge is -2.12. The van der Waals surface area contributed by atoms with Gasteiger partial charge in [0.2, 0.25) is 0 Å². The normalized spacial score (nSPS) is 15.0. The predicted molar refractivity (Wildman–Crippen MR) is 128 cm³/mol. The number of imide groups is 1. The molecular formula is C24H17FINO3S. The second kappa shape index (κ2) is 9.65. The number of carbonyl (C=O) groups is 2. The molecule has 0 spiro atoms. The summed E-state index contributed by atoms with van der Waals surface area (Å²) in [5.41, 5.74) is 2.58. The lowest BCUT2D eigenvalue weighted by Crippen LogP contribution is -2.27. The largest absolute Gasteiger partial charge is 0.489 e. The Balaban J connectivity index is 1.39. The average Bonchev–Trinajstić information content (AvgIpc) is 3.03. The van der Waals surface area contributed by atoms with Gasteiger partial charge in [-0.05, 0) is 93.5 Å². The van der Waals surface area contributed by atoms with E-state index in [-0.39, 0.29) is 23.5 Å². The van der Waals surface area contributed by atoms with Crippen molar-refractivity contribution < 1.29 is 18.7 Å². The molecule has 31 heavy (non-hydrogen) atoms. The fourth-order valence-corrected chi connectivity index (χ4v) is 4.17. The van der Waals surface area contributed by atoms with E-state index in [4.69, 9.17) is 4.74 Å². The van der Waals surface area contributed by atoms with Gasteiger partial charge in [0.25, 0.3) is 11.1 Å². The minimum atomic E-state index is -0.287. The number of nitrogens with zero attached hydrogens (tertiary/aromatic N) is 1. The van der Waals surface area contributed by atoms with Crippen molar-refractivity contribution in [3.63, 3.8) is 0 Å². The number of ether oxygens (including phenoxy) is 1. The van der Waals surface area contributed by atoms with Gasteiger partial charge in [-0.1, -0.05) is 36.4 Å². The Bertz CT molecular complexity index is 1130. The number of amides is 2. The maximum absolute atomic E-state index is 13.0. The summed E-state index contributed by atoms with van der Waals surface area (Å²) < 4.78 is 19.8. The lowest BCUT2D eigenvalue weighted by molar-refractivity contribution is -0.123. The van der Waals surface area contributed by atoms with Crippen LogP contribution in [0.15, 0.2) is 77.7 Å². The number of carbonyl (C=O) groups excluding carboxylic acids is 2. The third kappa shape index (κ3) is 5.54. The molecule has 1 aliphatic heterocycles. The van der Waals surface area contributed by atoms with Gasteiger partial charge in [0.15, 0.2) is 0 Å². The summed E-state index contributed by atoms with van der Waals surface area (Å²) in [6.45, 7) is 0.589. The van der Waals surface area contributed by atoms with E-state index in [0.717, 1.165) is 32.0 Å². The van der Waals surface area contributed by atoms with Crippen LogP contribution in [0.3, 0.4) is 0 Å². The van der Waals surface area contributed by atoms with Crippen LogP contribution in [-0.4, -0.2) is 16.0 Å². The van der Waals surface area contributed by atoms with Gasteiger partial charge in [0, 0.05) is 3.57 Å². The fourth-order valence-electron chi connectivity index (χ4n) is 2.97. The summed E-state index contributed by atoms with van der Waals surface area (Å²) in [5, 5.41) is -0.269. The summed E-state index contributed by atoms with van der Waals surface area (Å²) in [5.74, 6) is 0.0922. The zero-order valence-corrected chi connectivity index (χ0v) is 19.2. The summed E-state index contributed by atoms with van der Waals surface area (Å²) in [7, 11) is 0. The Labute approximate surface area is 197 Å². The van der Waals surface area contributed by atoms with Crippen molar-refractivity contribution in [1.29, 1.82) is 0 Å². The molecule has 0 atom stereocenters. The molecular weight excluding hydrogens is 528 g/mol. The van der Waals surface area contributed by atoms with Gasteiger partial charge in [0.05, 0.1) is 11.4 Å². The first-order valence-corrected chi connectivity index (χ1v) is 11.3. The fraction of sp³-hybridized carbons (Fsp3) is 0.0833. The quantitative estimate of drug-likeness (QED) is 0.272. The summed E-state index contributed by atoms with van der Waals surface area (Å²) >= 11 is 3.16. The lowest BCUT2D eigenvalue weighted by atomic mass is 10.2. The van der Waals surface area contributed by atoms with Crippen molar-refractivity contribution in [2.45, 2.75) is 13.2 Å². The average molecular weight is 545 g/mol. The van der Waals surface area contributed by atoms with Gasteiger partial charge in [0.1, 0.15) is 18.2 Å². The molecule has 156 valence electrons. The Morgan fingerprint density at radius 1 is 0.903 bits per heavy atom. The van der Waals surface area contributed by atoms with E-state index >= 15 is 0 Å². The van der Waals surface area contributed by atoms with Crippen molar-refractivity contribution in [3.8, 4) is 5.75 Å². The molecule has 3 aromatic rings. The molecule has 4 nitrogen and oxygen atoms in total. The van der Waals surface area contributed by atoms with E-state index in [9.17, 15) is 14.0 Å². The van der Waals surface area contributed by atoms with Crippen LogP contribution in [0, 0.1) is 9.39 Å². The Morgan fingerprint density at radius 3 is 2.23 bits per heavy atom. The van der Waals surface area contributed by atoms with Gasteiger partial charge in [-0.25, -0.2) is 4.39 Å². The Hall–Kier alpha value is -2.65. The minimum Gasteiger partial charge on any atom is -0.489 e. The third-order valence-electron chi connectivity index (χ3n) is 4.62. The van der Waals surface area contributed by atoms with Crippen LogP contribution in [0.1, 0.15) is 16.7 Å². The van der Waals surface area contributed by atoms with E-state index in [1.807, 2.05) is 36.4 Å². The number of hydrogen-bond acceptors (Lipinski definition) is 4. The summed E-state index contributed by atoms with van der Waals surface area (Å²) in [6.07, 6.45) is 1.71. The van der Waals surface area contributed by atoms with Gasteiger partial charge < -0.3 is 4.74 Å². The van der Waals surface area contributed by atoms with Crippen molar-refractivity contribution in [3.05, 3.63) is 104 Å². The van der Waals surface area contributed by atoms with Crippen LogP contribution in [0.25, 0.3) is 6.08 Å². The van der Waals surface area contributed by atoms with Crippen molar-refractivity contribution >= 4 is 51.6 Å². The van der Waals surface area contributed by atoms with Crippen LogP contribution in [0.5, 0.6) is 5.75 Å². The number of benzene rings is 3. The highest BCUT2D eigenvalue weighted by atomic mass is 127. The van der Waals surface area contributed by atoms with Gasteiger partial charge in [-0.2, -0.15) is 0 Å². The minimum absolute atomic E-state index is 0.259. The molecule has 1 fully saturated rings. The van der Waals surface area contributed by atoms with Crippen molar-refractivity contribution in [1.82, 2.24) is 4.90 Å². The van der Waals surface area contributed by atoms with Gasteiger partial charge in [-0.15, -0.1) is 0 Å². The molecule has 3 aromatic carbocycles. The first-order valence-electron chi connectivity index (χ1n) is 9.45.